The van der Waals surface area contributed by atoms with E-state index in [0.717, 1.165) is 0 Å². The number of aliphatic hydroxyl groups is 1. The molecule has 0 spiro atoms. The van der Waals surface area contributed by atoms with Crippen molar-refractivity contribution in [3.63, 3.8) is 0 Å². The molecule has 1 aromatic carbocycles. The minimum absolute atomic E-state index is 0.615. The Morgan fingerprint density at radius 3 is 2.20 bits per heavy atom. The van der Waals surface area contributed by atoms with E-state index in [9.17, 15) is 5.11 Å². The number of aliphatic hydroxyl groups excluding tert-OH is 1. The van der Waals surface area contributed by atoms with E-state index in [1.54, 1.807) is 19.2 Å². The van der Waals surface area contributed by atoms with E-state index in [1.165, 1.54) is 14.2 Å². The largest absolute Gasteiger partial charge is 0.496 e. The van der Waals surface area contributed by atoms with E-state index < -0.39 is 12.4 Å². The highest BCUT2D eigenvalue weighted by molar-refractivity contribution is 5.35. The van der Waals surface area contributed by atoms with Crippen LogP contribution in [0.1, 0.15) is 11.7 Å². The maximum atomic E-state index is 9.96. The molecule has 0 heterocycles. The fourth-order valence-corrected chi connectivity index (χ4v) is 1.41. The molecule has 0 saturated carbocycles. The van der Waals surface area contributed by atoms with Crippen molar-refractivity contribution in [2.24, 2.45) is 0 Å². The van der Waals surface area contributed by atoms with Crippen molar-refractivity contribution < 1.29 is 19.3 Å². The number of ether oxygens (including phenoxy) is 3. The van der Waals surface area contributed by atoms with Crippen LogP contribution >= 0.6 is 0 Å². The van der Waals surface area contributed by atoms with Gasteiger partial charge in [-0.2, -0.15) is 0 Å². The van der Waals surface area contributed by atoms with Crippen molar-refractivity contribution in [2.45, 2.75) is 12.4 Å². The number of rotatable bonds is 5. The molecule has 4 heteroatoms. The Morgan fingerprint density at radius 1 is 1.07 bits per heavy atom. The Kier molecular flexibility index (Phi) is 4.55. The topological polar surface area (TPSA) is 47.9 Å². The lowest BCUT2D eigenvalue weighted by Gasteiger charge is -2.21. The van der Waals surface area contributed by atoms with Gasteiger partial charge in [-0.1, -0.05) is 18.2 Å². The van der Waals surface area contributed by atoms with Gasteiger partial charge < -0.3 is 19.3 Å². The standard InChI is InChI=1S/C11H16O4/c1-13-9-7-5-4-6-8(9)10(12)11(14-2)15-3/h4-7,10-12H,1-3H3. The lowest BCUT2D eigenvalue weighted by atomic mass is 10.1. The predicted molar refractivity (Wildman–Crippen MR) is 55.8 cm³/mol. The number of hydrogen-bond acceptors (Lipinski definition) is 4. The molecule has 84 valence electrons. The van der Waals surface area contributed by atoms with Crippen molar-refractivity contribution in [3.05, 3.63) is 29.8 Å². The highest BCUT2D eigenvalue weighted by Gasteiger charge is 2.22. The van der Waals surface area contributed by atoms with Crippen molar-refractivity contribution in [1.82, 2.24) is 0 Å². The second kappa shape index (κ2) is 5.70. The van der Waals surface area contributed by atoms with Gasteiger partial charge in [0.25, 0.3) is 0 Å². The molecule has 1 aromatic rings. The normalized spacial score (nSPS) is 12.9. The van der Waals surface area contributed by atoms with Gasteiger partial charge in [0.05, 0.1) is 7.11 Å². The van der Waals surface area contributed by atoms with E-state index in [4.69, 9.17) is 14.2 Å². The van der Waals surface area contributed by atoms with Gasteiger partial charge in [-0.05, 0) is 6.07 Å². The summed E-state index contributed by atoms with van der Waals surface area (Å²) in [5.74, 6) is 0.615. The lowest BCUT2D eigenvalue weighted by Crippen LogP contribution is -2.23. The fraction of sp³-hybridized carbons (Fsp3) is 0.455. The predicted octanol–water partition coefficient (Wildman–Crippen LogP) is 1.35. The molecule has 4 nitrogen and oxygen atoms in total. The summed E-state index contributed by atoms with van der Waals surface area (Å²) < 4.78 is 15.1. The molecule has 0 aliphatic heterocycles. The summed E-state index contributed by atoms with van der Waals surface area (Å²) in [5.41, 5.74) is 0.647. The molecule has 0 bridgehead atoms. The van der Waals surface area contributed by atoms with Gasteiger partial charge in [-0.25, -0.2) is 0 Å². The monoisotopic (exact) mass is 212 g/mol. The van der Waals surface area contributed by atoms with Crippen LogP contribution in [0.15, 0.2) is 24.3 Å². The molecule has 0 fully saturated rings. The first kappa shape index (κ1) is 12.0. The van der Waals surface area contributed by atoms with Gasteiger partial charge in [0.2, 0.25) is 0 Å². The Morgan fingerprint density at radius 2 is 1.67 bits per heavy atom. The fourth-order valence-electron chi connectivity index (χ4n) is 1.41. The number of benzene rings is 1. The van der Waals surface area contributed by atoms with Crippen LogP contribution in [0, 0.1) is 0 Å². The first-order valence-electron chi connectivity index (χ1n) is 4.61. The van der Waals surface area contributed by atoms with E-state index in [2.05, 4.69) is 0 Å². The molecule has 0 saturated heterocycles. The molecule has 0 aliphatic carbocycles. The SMILES string of the molecule is COc1ccccc1C(O)C(OC)OC. The van der Waals surface area contributed by atoms with Gasteiger partial charge in [0, 0.05) is 19.8 Å². The molecule has 1 rings (SSSR count). The van der Waals surface area contributed by atoms with E-state index in [-0.39, 0.29) is 0 Å². The summed E-state index contributed by atoms with van der Waals surface area (Å²) in [4.78, 5) is 0. The molecule has 0 aromatic heterocycles. The van der Waals surface area contributed by atoms with Gasteiger partial charge in [-0.15, -0.1) is 0 Å². The van der Waals surface area contributed by atoms with E-state index in [1.807, 2.05) is 12.1 Å². The molecule has 15 heavy (non-hydrogen) atoms. The van der Waals surface area contributed by atoms with Crippen LogP contribution in [0.4, 0.5) is 0 Å². The van der Waals surface area contributed by atoms with Crippen LogP contribution in [0.5, 0.6) is 5.75 Å². The third-order valence-electron chi connectivity index (χ3n) is 2.18. The highest BCUT2D eigenvalue weighted by Crippen LogP contribution is 2.27. The zero-order chi connectivity index (χ0) is 11.3. The third kappa shape index (κ3) is 2.68. The zero-order valence-corrected chi connectivity index (χ0v) is 9.14. The summed E-state index contributed by atoms with van der Waals surface area (Å²) >= 11 is 0. The molecule has 1 unspecified atom stereocenters. The number of para-hydroxylation sites is 1. The Balaban J connectivity index is 2.93. The van der Waals surface area contributed by atoms with Gasteiger partial charge >= 0.3 is 0 Å². The van der Waals surface area contributed by atoms with Crippen molar-refractivity contribution in [3.8, 4) is 5.75 Å². The van der Waals surface area contributed by atoms with Crippen LogP contribution in [0.3, 0.4) is 0 Å². The van der Waals surface area contributed by atoms with Crippen LogP contribution in [-0.4, -0.2) is 32.7 Å². The Bertz CT molecular complexity index is 296. The van der Waals surface area contributed by atoms with Crippen LogP contribution in [0.25, 0.3) is 0 Å². The van der Waals surface area contributed by atoms with E-state index in [0.29, 0.717) is 11.3 Å². The summed E-state index contributed by atoms with van der Waals surface area (Å²) in [6.07, 6.45) is -1.56. The third-order valence-corrected chi connectivity index (χ3v) is 2.18. The lowest BCUT2D eigenvalue weighted by molar-refractivity contribution is -0.166. The Hall–Kier alpha value is -1.10. The van der Waals surface area contributed by atoms with Gasteiger partial charge in [0.1, 0.15) is 11.9 Å². The minimum atomic E-state index is -0.865. The van der Waals surface area contributed by atoms with Gasteiger partial charge in [-0.3, -0.25) is 0 Å². The van der Waals surface area contributed by atoms with Gasteiger partial charge in [0.15, 0.2) is 6.29 Å². The smallest absolute Gasteiger partial charge is 0.187 e. The maximum Gasteiger partial charge on any atom is 0.187 e. The molecular weight excluding hydrogens is 196 g/mol. The molecule has 0 radical (unpaired) electrons. The summed E-state index contributed by atoms with van der Waals surface area (Å²) in [6.45, 7) is 0. The van der Waals surface area contributed by atoms with Crippen LogP contribution in [0.2, 0.25) is 0 Å². The summed E-state index contributed by atoms with van der Waals surface area (Å²) in [5, 5.41) is 9.96. The number of methoxy groups -OCH3 is 3. The van der Waals surface area contributed by atoms with E-state index >= 15 is 0 Å². The van der Waals surface area contributed by atoms with Crippen LogP contribution in [-0.2, 0) is 9.47 Å². The first-order valence-corrected chi connectivity index (χ1v) is 4.61. The second-order valence-corrected chi connectivity index (χ2v) is 3.03. The maximum absolute atomic E-state index is 9.96. The number of hydrogen-bond donors (Lipinski definition) is 1. The van der Waals surface area contributed by atoms with Crippen molar-refractivity contribution in [2.75, 3.05) is 21.3 Å². The zero-order valence-electron chi connectivity index (χ0n) is 9.14. The van der Waals surface area contributed by atoms with Crippen LogP contribution < -0.4 is 4.74 Å². The summed E-state index contributed by atoms with van der Waals surface area (Å²) in [7, 11) is 4.51. The summed E-state index contributed by atoms with van der Waals surface area (Å²) in [6, 6.07) is 7.21. The molecule has 1 atom stereocenters. The average Bonchev–Trinajstić information content (AvgIpc) is 2.30. The molecular formula is C11H16O4. The quantitative estimate of drug-likeness (QED) is 0.748. The molecule has 1 N–H and O–H groups in total. The minimum Gasteiger partial charge on any atom is -0.496 e. The van der Waals surface area contributed by atoms with Crippen molar-refractivity contribution >= 4 is 0 Å². The first-order chi connectivity index (χ1) is 7.24. The molecule has 0 amide bonds. The Labute approximate surface area is 89.4 Å². The second-order valence-electron chi connectivity index (χ2n) is 3.03. The molecule has 0 aliphatic rings. The average molecular weight is 212 g/mol. The van der Waals surface area contributed by atoms with Crippen molar-refractivity contribution in [1.29, 1.82) is 0 Å². The highest BCUT2D eigenvalue weighted by atomic mass is 16.7.